The van der Waals surface area contributed by atoms with E-state index in [0.29, 0.717) is 25.3 Å². The molecule has 32 heavy (non-hydrogen) atoms. The number of nitrogens with zero attached hydrogens (tertiary/aromatic N) is 6. The predicted molar refractivity (Wildman–Crippen MR) is 119 cm³/mol. The fraction of sp³-hybridized carbons (Fsp3) is 0.292. The number of carbonyl (C=O) groups excluding carboxylic acids is 1. The van der Waals surface area contributed by atoms with E-state index >= 15 is 0 Å². The van der Waals surface area contributed by atoms with Crippen LogP contribution in [0.1, 0.15) is 34.8 Å². The van der Waals surface area contributed by atoms with Gasteiger partial charge in [-0.05, 0) is 37.1 Å². The molecule has 0 spiro atoms. The second kappa shape index (κ2) is 9.13. The van der Waals surface area contributed by atoms with Crippen LogP contribution in [0.3, 0.4) is 0 Å². The molecule has 1 fully saturated rings. The van der Waals surface area contributed by atoms with Crippen LogP contribution in [0, 0.1) is 0 Å². The van der Waals surface area contributed by atoms with Gasteiger partial charge in [-0.1, -0.05) is 18.2 Å². The Hall–Kier alpha value is -3.81. The number of para-hydroxylation sites is 1. The summed E-state index contributed by atoms with van der Waals surface area (Å²) in [5.41, 5.74) is 3.06. The quantitative estimate of drug-likeness (QED) is 0.468. The van der Waals surface area contributed by atoms with Gasteiger partial charge in [0.1, 0.15) is 17.9 Å². The Morgan fingerprint density at radius 2 is 1.94 bits per heavy atom. The number of piperidine rings is 1. The standard InChI is InChI=1S/C24H24N6O2/c31-24(18-6-4-10-25-16-18)29-13-5-7-19(17-29)21-22-23(27-12-11-26-22)30(28-21)14-15-32-20-8-2-1-3-9-20/h1-4,6,8-12,16,19H,5,7,13-15,17H2/t19-/m1/s1. The van der Waals surface area contributed by atoms with Crippen molar-refractivity contribution >= 4 is 17.1 Å². The Morgan fingerprint density at radius 1 is 1.06 bits per heavy atom. The van der Waals surface area contributed by atoms with E-state index in [9.17, 15) is 4.79 Å². The van der Waals surface area contributed by atoms with Crippen molar-refractivity contribution < 1.29 is 9.53 Å². The summed E-state index contributed by atoms with van der Waals surface area (Å²) in [5.74, 6) is 0.945. The average Bonchev–Trinajstić information content (AvgIpc) is 3.24. The second-order valence-corrected chi connectivity index (χ2v) is 7.83. The van der Waals surface area contributed by atoms with Gasteiger partial charge in [0.05, 0.1) is 17.8 Å². The first kappa shape index (κ1) is 20.1. The highest BCUT2D eigenvalue weighted by molar-refractivity contribution is 5.94. The van der Waals surface area contributed by atoms with Gasteiger partial charge in [-0.15, -0.1) is 0 Å². The lowest BCUT2D eigenvalue weighted by Gasteiger charge is -2.32. The van der Waals surface area contributed by atoms with Crippen LogP contribution in [-0.4, -0.2) is 55.2 Å². The van der Waals surface area contributed by atoms with Gasteiger partial charge in [0.15, 0.2) is 5.65 Å². The summed E-state index contributed by atoms with van der Waals surface area (Å²) in [4.78, 5) is 28.0. The molecule has 3 aromatic heterocycles. The van der Waals surface area contributed by atoms with Crippen LogP contribution in [-0.2, 0) is 6.54 Å². The zero-order valence-electron chi connectivity index (χ0n) is 17.7. The number of hydrogen-bond acceptors (Lipinski definition) is 6. The van der Waals surface area contributed by atoms with E-state index in [1.165, 1.54) is 0 Å². The summed E-state index contributed by atoms with van der Waals surface area (Å²) in [7, 11) is 0. The van der Waals surface area contributed by atoms with E-state index < -0.39 is 0 Å². The van der Waals surface area contributed by atoms with Crippen LogP contribution in [0.15, 0.2) is 67.3 Å². The summed E-state index contributed by atoms with van der Waals surface area (Å²) in [6.45, 7) is 2.39. The lowest BCUT2D eigenvalue weighted by atomic mass is 9.94. The molecule has 1 amide bonds. The number of carbonyl (C=O) groups is 1. The monoisotopic (exact) mass is 428 g/mol. The molecule has 0 radical (unpaired) electrons. The minimum atomic E-state index is 0.00823. The molecule has 0 aliphatic carbocycles. The Bertz CT molecular complexity index is 1200. The van der Waals surface area contributed by atoms with Crippen LogP contribution in [0.4, 0.5) is 0 Å². The van der Waals surface area contributed by atoms with Crippen LogP contribution < -0.4 is 4.74 Å². The SMILES string of the molecule is O=C(c1cccnc1)N1CCC[C@@H](c2nn(CCOc3ccccc3)c3nccnc23)C1. The van der Waals surface area contributed by atoms with E-state index in [4.69, 9.17) is 9.84 Å². The fourth-order valence-electron chi connectivity index (χ4n) is 4.18. The summed E-state index contributed by atoms with van der Waals surface area (Å²) < 4.78 is 7.71. The van der Waals surface area contributed by atoms with Crippen molar-refractivity contribution in [2.45, 2.75) is 25.3 Å². The Labute approximate surface area is 185 Å². The van der Waals surface area contributed by atoms with Crippen LogP contribution in [0.5, 0.6) is 5.75 Å². The molecular formula is C24H24N6O2. The van der Waals surface area contributed by atoms with Gasteiger partial charge in [0.25, 0.3) is 5.91 Å². The molecule has 0 N–H and O–H groups in total. The number of ether oxygens (including phenoxy) is 1. The molecule has 5 rings (SSSR count). The Morgan fingerprint density at radius 3 is 2.78 bits per heavy atom. The smallest absolute Gasteiger partial charge is 0.255 e. The van der Waals surface area contributed by atoms with Crippen molar-refractivity contribution in [3.63, 3.8) is 0 Å². The molecular weight excluding hydrogens is 404 g/mol. The summed E-state index contributed by atoms with van der Waals surface area (Å²) in [6.07, 6.45) is 8.55. The first-order valence-electron chi connectivity index (χ1n) is 10.8. The van der Waals surface area contributed by atoms with E-state index in [2.05, 4.69) is 15.0 Å². The second-order valence-electron chi connectivity index (χ2n) is 7.83. The van der Waals surface area contributed by atoms with Crippen LogP contribution >= 0.6 is 0 Å². The van der Waals surface area contributed by atoms with Crippen molar-refractivity contribution in [2.75, 3.05) is 19.7 Å². The Balaban J connectivity index is 1.35. The normalized spacial score (nSPS) is 16.2. The van der Waals surface area contributed by atoms with Gasteiger partial charge >= 0.3 is 0 Å². The topological polar surface area (TPSA) is 86.0 Å². The Kier molecular flexibility index (Phi) is 5.74. The highest BCUT2D eigenvalue weighted by Gasteiger charge is 2.29. The van der Waals surface area contributed by atoms with E-state index in [-0.39, 0.29) is 11.8 Å². The van der Waals surface area contributed by atoms with E-state index in [0.717, 1.165) is 42.0 Å². The zero-order chi connectivity index (χ0) is 21.8. The van der Waals surface area contributed by atoms with Gasteiger partial charge in [0.2, 0.25) is 0 Å². The third-order valence-corrected chi connectivity index (χ3v) is 5.71. The molecule has 1 saturated heterocycles. The number of rotatable bonds is 6. The van der Waals surface area contributed by atoms with Crippen molar-refractivity contribution in [2.24, 2.45) is 0 Å². The maximum absolute atomic E-state index is 12.9. The molecule has 0 unspecified atom stereocenters. The highest BCUT2D eigenvalue weighted by Crippen LogP contribution is 2.30. The molecule has 0 bridgehead atoms. The number of hydrogen-bond donors (Lipinski definition) is 0. The predicted octanol–water partition coefficient (Wildman–Crippen LogP) is 3.32. The van der Waals surface area contributed by atoms with Gasteiger partial charge in [0, 0.05) is 43.8 Å². The number of aromatic nitrogens is 5. The van der Waals surface area contributed by atoms with E-state index in [1.54, 1.807) is 36.9 Å². The average molecular weight is 428 g/mol. The lowest BCUT2D eigenvalue weighted by Crippen LogP contribution is -2.39. The molecule has 8 nitrogen and oxygen atoms in total. The van der Waals surface area contributed by atoms with Crippen molar-refractivity contribution in [1.82, 2.24) is 29.6 Å². The molecule has 1 aliphatic rings. The van der Waals surface area contributed by atoms with Gasteiger partial charge in [-0.3, -0.25) is 9.78 Å². The molecule has 4 heterocycles. The minimum absolute atomic E-state index is 0.00823. The molecule has 1 aromatic carbocycles. The van der Waals surface area contributed by atoms with Gasteiger partial charge < -0.3 is 9.64 Å². The molecule has 1 atom stereocenters. The van der Waals surface area contributed by atoms with Crippen molar-refractivity contribution in [3.05, 3.63) is 78.5 Å². The fourth-order valence-corrected chi connectivity index (χ4v) is 4.18. The van der Waals surface area contributed by atoms with Gasteiger partial charge in [-0.25, -0.2) is 14.6 Å². The summed E-state index contributed by atoms with van der Waals surface area (Å²) >= 11 is 0. The molecule has 162 valence electrons. The summed E-state index contributed by atoms with van der Waals surface area (Å²) in [6, 6.07) is 13.3. The third-order valence-electron chi connectivity index (χ3n) is 5.71. The van der Waals surface area contributed by atoms with Crippen molar-refractivity contribution in [1.29, 1.82) is 0 Å². The van der Waals surface area contributed by atoms with Crippen LogP contribution in [0.2, 0.25) is 0 Å². The third kappa shape index (κ3) is 4.16. The van der Waals surface area contributed by atoms with Crippen LogP contribution in [0.25, 0.3) is 11.2 Å². The zero-order valence-corrected chi connectivity index (χ0v) is 17.7. The molecule has 0 saturated carbocycles. The first-order valence-corrected chi connectivity index (χ1v) is 10.8. The number of benzene rings is 1. The number of pyridine rings is 1. The largest absolute Gasteiger partial charge is 0.492 e. The lowest BCUT2D eigenvalue weighted by molar-refractivity contribution is 0.0705. The maximum atomic E-state index is 12.9. The molecule has 4 aromatic rings. The number of fused-ring (bicyclic) bond motifs is 1. The summed E-state index contributed by atoms with van der Waals surface area (Å²) in [5, 5.41) is 4.87. The number of likely N-dealkylation sites (tertiary alicyclic amines) is 1. The number of amides is 1. The van der Waals surface area contributed by atoms with Gasteiger partial charge in [-0.2, -0.15) is 5.10 Å². The maximum Gasteiger partial charge on any atom is 0.255 e. The minimum Gasteiger partial charge on any atom is -0.492 e. The highest BCUT2D eigenvalue weighted by atomic mass is 16.5. The molecule has 1 aliphatic heterocycles. The van der Waals surface area contributed by atoms with E-state index in [1.807, 2.05) is 39.9 Å². The first-order chi connectivity index (χ1) is 15.8. The molecule has 8 heteroatoms. The van der Waals surface area contributed by atoms with Crippen molar-refractivity contribution in [3.8, 4) is 5.75 Å².